The first kappa shape index (κ1) is 20.4. The smallest absolute Gasteiger partial charge is 0.250 e. The Kier molecular flexibility index (Phi) is 5.74. The van der Waals surface area contributed by atoms with E-state index in [1.54, 1.807) is 18.2 Å². The van der Waals surface area contributed by atoms with Gasteiger partial charge in [0, 0.05) is 34.1 Å². The molecule has 0 saturated carbocycles. The summed E-state index contributed by atoms with van der Waals surface area (Å²) in [6, 6.07) is 14.1. The molecule has 152 valence electrons. The molecule has 1 N–H and O–H groups in total. The standard InChI is InChI=1S/C23H20BrN3O2S/c1-14-4-6-17(7-5-14)27-15(2)12-19(16(27)3)20-13-30-23(25-20)26-22(28)11-9-18-8-10-21(24)29-18/h4-13H,1-3H3,(H,25,26,28). The Labute approximate surface area is 187 Å². The zero-order valence-corrected chi connectivity index (χ0v) is 19.2. The van der Waals surface area contributed by atoms with E-state index < -0.39 is 0 Å². The first-order valence-corrected chi connectivity index (χ1v) is 11.0. The molecule has 1 amide bonds. The van der Waals surface area contributed by atoms with Gasteiger partial charge in [-0.05, 0) is 73.1 Å². The summed E-state index contributed by atoms with van der Waals surface area (Å²) in [6.07, 6.45) is 3.04. The normalized spacial score (nSPS) is 11.3. The van der Waals surface area contributed by atoms with Crippen molar-refractivity contribution in [2.45, 2.75) is 20.8 Å². The lowest BCUT2D eigenvalue weighted by Gasteiger charge is -2.10. The second-order valence-corrected chi connectivity index (χ2v) is 8.60. The van der Waals surface area contributed by atoms with Gasteiger partial charge >= 0.3 is 0 Å². The monoisotopic (exact) mass is 481 g/mol. The number of nitrogens with one attached hydrogen (secondary N) is 1. The molecule has 0 unspecified atom stereocenters. The topological polar surface area (TPSA) is 60.1 Å². The highest BCUT2D eigenvalue weighted by molar-refractivity contribution is 9.10. The zero-order valence-electron chi connectivity index (χ0n) is 16.8. The van der Waals surface area contributed by atoms with Crippen molar-refractivity contribution < 1.29 is 9.21 Å². The fraction of sp³-hybridized carbons (Fsp3) is 0.130. The lowest BCUT2D eigenvalue weighted by atomic mass is 10.2. The minimum atomic E-state index is -0.256. The van der Waals surface area contributed by atoms with Crippen LogP contribution in [0.4, 0.5) is 5.13 Å². The Morgan fingerprint density at radius 1 is 1.17 bits per heavy atom. The van der Waals surface area contributed by atoms with Crippen LogP contribution in [0.1, 0.15) is 22.7 Å². The second kappa shape index (κ2) is 8.45. The van der Waals surface area contributed by atoms with Crippen LogP contribution in [-0.4, -0.2) is 15.5 Å². The number of hydrogen-bond acceptors (Lipinski definition) is 4. The number of benzene rings is 1. The van der Waals surface area contributed by atoms with Gasteiger partial charge < -0.3 is 8.98 Å². The first-order chi connectivity index (χ1) is 14.4. The van der Waals surface area contributed by atoms with Crippen molar-refractivity contribution in [3.05, 3.63) is 81.3 Å². The van der Waals surface area contributed by atoms with E-state index in [9.17, 15) is 4.79 Å². The minimum absolute atomic E-state index is 0.256. The number of aromatic nitrogens is 2. The third-order valence-corrected chi connectivity index (χ3v) is 5.91. The maximum Gasteiger partial charge on any atom is 0.250 e. The van der Waals surface area contributed by atoms with Crippen LogP contribution in [0.15, 0.2) is 63.0 Å². The quantitative estimate of drug-likeness (QED) is 0.329. The van der Waals surface area contributed by atoms with Gasteiger partial charge in [-0.25, -0.2) is 4.98 Å². The van der Waals surface area contributed by atoms with E-state index in [1.807, 2.05) is 5.38 Å². The highest BCUT2D eigenvalue weighted by atomic mass is 79.9. The van der Waals surface area contributed by atoms with Gasteiger partial charge in [0.15, 0.2) is 9.80 Å². The molecule has 3 aromatic heterocycles. The summed E-state index contributed by atoms with van der Waals surface area (Å²) < 4.78 is 8.19. The average Bonchev–Trinajstić information content (AvgIpc) is 3.41. The lowest BCUT2D eigenvalue weighted by Crippen LogP contribution is -2.07. The number of anilines is 1. The van der Waals surface area contributed by atoms with Crippen LogP contribution in [0, 0.1) is 20.8 Å². The zero-order chi connectivity index (χ0) is 21.3. The Morgan fingerprint density at radius 2 is 1.93 bits per heavy atom. The number of amides is 1. The lowest BCUT2D eigenvalue weighted by molar-refractivity contribution is -0.111. The summed E-state index contributed by atoms with van der Waals surface area (Å²) in [4.78, 5) is 16.8. The van der Waals surface area contributed by atoms with Crippen LogP contribution < -0.4 is 5.32 Å². The van der Waals surface area contributed by atoms with Gasteiger partial charge in [-0.3, -0.25) is 10.1 Å². The van der Waals surface area contributed by atoms with E-state index in [-0.39, 0.29) is 5.91 Å². The van der Waals surface area contributed by atoms with Crippen LogP contribution >= 0.6 is 27.3 Å². The van der Waals surface area contributed by atoms with Gasteiger partial charge in [0.1, 0.15) is 5.76 Å². The molecule has 0 fully saturated rings. The van der Waals surface area contributed by atoms with Crippen LogP contribution in [0.5, 0.6) is 0 Å². The molecule has 3 heterocycles. The van der Waals surface area contributed by atoms with Gasteiger partial charge in [0.2, 0.25) is 5.91 Å². The molecule has 0 spiro atoms. The molecule has 0 saturated heterocycles. The summed E-state index contributed by atoms with van der Waals surface area (Å²) in [7, 11) is 0. The van der Waals surface area contributed by atoms with E-state index >= 15 is 0 Å². The van der Waals surface area contributed by atoms with E-state index in [1.165, 1.54) is 23.0 Å². The van der Waals surface area contributed by atoms with Crippen molar-refractivity contribution in [3.63, 3.8) is 0 Å². The van der Waals surface area contributed by atoms with E-state index in [0.717, 1.165) is 28.3 Å². The average molecular weight is 482 g/mol. The van der Waals surface area contributed by atoms with Crippen molar-refractivity contribution in [1.29, 1.82) is 0 Å². The molecule has 0 aliphatic carbocycles. The number of carbonyl (C=O) groups is 1. The fourth-order valence-electron chi connectivity index (χ4n) is 3.29. The Morgan fingerprint density at radius 3 is 2.63 bits per heavy atom. The summed E-state index contributed by atoms with van der Waals surface area (Å²) in [5, 5.41) is 5.33. The molecule has 0 radical (unpaired) electrons. The highest BCUT2D eigenvalue weighted by Crippen LogP contribution is 2.31. The molecule has 0 atom stereocenters. The molecule has 30 heavy (non-hydrogen) atoms. The first-order valence-electron chi connectivity index (χ1n) is 9.37. The summed E-state index contributed by atoms with van der Waals surface area (Å²) in [5.74, 6) is 0.342. The van der Waals surface area contributed by atoms with Gasteiger partial charge in [-0.2, -0.15) is 0 Å². The van der Waals surface area contributed by atoms with Gasteiger partial charge in [0.25, 0.3) is 0 Å². The number of nitrogens with zero attached hydrogens (tertiary/aromatic N) is 2. The summed E-state index contributed by atoms with van der Waals surface area (Å²) in [6.45, 7) is 6.26. The van der Waals surface area contributed by atoms with Crippen molar-refractivity contribution in [3.8, 4) is 16.9 Å². The van der Waals surface area contributed by atoms with Crippen LogP contribution in [-0.2, 0) is 4.79 Å². The summed E-state index contributed by atoms with van der Waals surface area (Å²) >= 11 is 4.64. The maximum atomic E-state index is 12.2. The molecule has 0 aliphatic heterocycles. The van der Waals surface area contributed by atoms with Crippen molar-refractivity contribution in [1.82, 2.24) is 9.55 Å². The van der Waals surface area contributed by atoms with Crippen LogP contribution in [0.3, 0.4) is 0 Å². The van der Waals surface area contributed by atoms with Gasteiger partial charge in [-0.1, -0.05) is 17.7 Å². The Hall–Kier alpha value is -2.90. The predicted octanol–water partition coefficient (Wildman–Crippen LogP) is 6.53. The highest BCUT2D eigenvalue weighted by Gasteiger charge is 2.15. The van der Waals surface area contributed by atoms with Gasteiger partial charge in [-0.15, -0.1) is 11.3 Å². The SMILES string of the molecule is Cc1ccc(-n2c(C)cc(-c3csc(NC(=O)C=Cc4ccc(Br)o4)n3)c2C)cc1. The number of rotatable bonds is 5. The Bertz CT molecular complexity index is 1230. The third kappa shape index (κ3) is 4.32. The molecule has 7 heteroatoms. The predicted molar refractivity (Wildman–Crippen MR) is 125 cm³/mol. The molecular formula is C23H20BrN3O2S. The third-order valence-electron chi connectivity index (χ3n) is 4.73. The number of furan rings is 1. The van der Waals surface area contributed by atoms with E-state index in [4.69, 9.17) is 4.42 Å². The van der Waals surface area contributed by atoms with Crippen LogP contribution in [0.2, 0.25) is 0 Å². The van der Waals surface area contributed by atoms with Gasteiger partial charge in [0.05, 0.1) is 5.69 Å². The number of carbonyl (C=O) groups excluding carboxylic acids is 1. The molecule has 0 aliphatic rings. The molecule has 5 nitrogen and oxygen atoms in total. The molecule has 4 rings (SSSR count). The number of halogens is 1. The number of thiazole rings is 1. The number of aryl methyl sites for hydroxylation is 2. The molecule has 4 aromatic rings. The van der Waals surface area contributed by atoms with Crippen molar-refractivity contribution in [2.24, 2.45) is 0 Å². The molecule has 1 aromatic carbocycles. The molecule has 0 bridgehead atoms. The summed E-state index contributed by atoms with van der Waals surface area (Å²) in [5.41, 5.74) is 6.51. The van der Waals surface area contributed by atoms with E-state index in [2.05, 4.69) is 81.9 Å². The van der Waals surface area contributed by atoms with Crippen molar-refractivity contribution >= 4 is 44.4 Å². The van der Waals surface area contributed by atoms with Crippen LogP contribution in [0.25, 0.3) is 23.0 Å². The number of hydrogen-bond donors (Lipinski definition) is 1. The maximum absolute atomic E-state index is 12.2. The largest absolute Gasteiger partial charge is 0.450 e. The minimum Gasteiger partial charge on any atom is -0.450 e. The molecular weight excluding hydrogens is 462 g/mol. The second-order valence-electron chi connectivity index (χ2n) is 6.96. The van der Waals surface area contributed by atoms with E-state index in [0.29, 0.717) is 15.6 Å². The van der Waals surface area contributed by atoms with Crippen molar-refractivity contribution in [2.75, 3.05) is 5.32 Å². The fourth-order valence-corrected chi connectivity index (χ4v) is 4.32. The Balaban J connectivity index is 1.52.